The van der Waals surface area contributed by atoms with Crippen molar-refractivity contribution in [2.45, 2.75) is 32.7 Å². The number of rotatable bonds is 5. The van der Waals surface area contributed by atoms with Crippen LogP contribution < -0.4 is 11.1 Å². The Kier molecular flexibility index (Phi) is 6.61. The zero-order chi connectivity index (χ0) is 13.8. The van der Waals surface area contributed by atoms with E-state index in [-0.39, 0.29) is 18.3 Å². The largest absolute Gasteiger partial charge is 0.320 e. The molecule has 2 rings (SSSR count). The molecule has 0 spiro atoms. The Morgan fingerprint density at radius 3 is 2.85 bits per heavy atom. The maximum absolute atomic E-state index is 11.8. The molecule has 2 heterocycles. The van der Waals surface area contributed by atoms with E-state index in [0.29, 0.717) is 11.6 Å². The highest BCUT2D eigenvalue weighted by Gasteiger charge is 2.14. The zero-order valence-corrected chi connectivity index (χ0v) is 13.8. The lowest BCUT2D eigenvalue weighted by atomic mass is 10.2. The molecule has 110 valence electrons. The fourth-order valence-electron chi connectivity index (χ4n) is 1.66. The van der Waals surface area contributed by atoms with Crippen molar-refractivity contribution in [1.82, 2.24) is 4.98 Å². The highest BCUT2D eigenvalue weighted by molar-refractivity contribution is 7.17. The Balaban J connectivity index is 0.00000200. The number of nitrogens with zero attached hydrogens (tertiary/aromatic N) is 1. The summed E-state index contributed by atoms with van der Waals surface area (Å²) in [6.45, 7) is 4.07. The SMILES string of the molecule is CCCC(N)C(=O)Nc1nc(-c2ccc(C)s2)cs1.Cl. The number of hydrogen-bond acceptors (Lipinski definition) is 5. The number of aryl methyl sites for hydroxylation is 1. The molecule has 1 amide bonds. The van der Waals surface area contributed by atoms with Crippen molar-refractivity contribution in [3.8, 4) is 10.6 Å². The summed E-state index contributed by atoms with van der Waals surface area (Å²) >= 11 is 3.12. The second-order valence-corrected chi connectivity index (χ2v) is 6.48. The molecule has 1 unspecified atom stereocenters. The van der Waals surface area contributed by atoms with Crippen LogP contribution in [0.3, 0.4) is 0 Å². The number of anilines is 1. The lowest BCUT2D eigenvalue weighted by Gasteiger charge is -2.08. The summed E-state index contributed by atoms with van der Waals surface area (Å²) in [5.41, 5.74) is 6.67. The summed E-state index contributed by atoms with van der Waals surface area (Å²) in [4.78, 5) is 18.6. The van der Waals surface area contributed by atoms with Gasteiger partial charge in [-0.1, -0.05) is 13.3 Å². The highest BCUT2D eigenvalue weighted by Crippen LogP contribution is 2.30. The zero-order valence-electron chi connectivity index (χ0n) is 11.4. The monoisotopic (exact) mass is 331 g/mol. The van der Waals surface area contributed by atoms with Gasteiger partial charge in [-0.3, -0.25) is 4.79 Å². The van der Waals surface area contributed by atoms with E-state index in [4.69, 9.17) is 5.73 Å². The molecule has 0 bridgehead atoms. The molecule has 3 N–H and O–H groups in total. The average Bonchev–Trinajstić information content (AvgIpc) is 2.98. The summed E-state index contributed by atoms with van der Waals surface area (Å²) in [6.07, 6.45) is 1.58. The lowest BCUT2D eigenvalue weighted by molar-refractivity contribution is -0.117. The van der Waals surface area contributed by atoms with E-state index in [1.807, 2.05) is 18.4 Å². The molecule has 2 aromatic rings. The van der Waals surface area contributed by atoms with Crippen LogP contribution >= 0.6 is 35.1 Å². The maximum Gasteiger partial charge on any atom is 0.243 e. The first-order valence-corrected chi connectivity index (χ1v) is 7.88. The fourth-order valence-corrected chi connectivity index (χ4v) is 3.27. The first-order valence-electron chi connectivity index (χ1n) is 6.19. The Morgan fingerprint density at radius 2 is 2.25 bits per heavy atom. The third kappa shape index (κ3) is 4.28. The van der Waals surface area contributed by atoms with Crippen LogP contribution in [-0.2, 0) is 4.79 Å². The van der Waals surface area contributed by atoms with Gasteiger partial charge in [-0.25, -0.2) is 4.98 Å². The second kappa shape index (κ2) is 7.73. The number of carbonyl (C=O) groups excluding carboxylic acids is 1. The van der Waals surface area contributed by atoms with Crippen molar-refractivity contribution in [3.63, 3.8) is 0 Å². The second-order valence-electron chi connectivity index (χ2n) is 4.33. The van der Waals surface area contributed by atoms with Crippen molar-refractivity contribution in [2.24, 2.45) is 5.73 Å². The topological polar surface area (TPSA) is 68.0 Å². The summed E-state index contributed by atoms with van der Waals surface area (Å²) in [5.74, 6) is -0.162. The Labute approximate surface area is 132 Å². The van der Waals surface area contributed by atoms with E-state index in [1.54, 1.807) is 11.3 Å². The smallest absolute Gasteiger partial charge is 0.243 e. The molecule has 20 heavy (non-hydrogen) atoms. The van der Waals surface area contributed by atoms with Gasteiger partial charge in [0.05, 0.1) is 16.6 Å². The number of amides is 1. The van der Waals surface area contributed by atoms with E-state index < -0.39 is 6.04 Å². The van der Waals surface area contributed by atoms with E-state index in [2.05, 4.69) is 23.3 Å². The van der Waals surface area contributed by atoms with Gasteiger partial charge < -0.3 is 11.1 Å². The van der Waals surface area contributed by atoms with Gasteiger partial charge in [-0.05, 0) is 25.5 Å². The number of carbonyl (C=O) groups is 1. The molecule has 7 heteroatoms. The first kappa shape index (κ1) is 17.1. The molecule has 0 aliphatic carbocycles. The number of thiazole rings is 1. The van der Waals surface area contributed by atoms with E-state index in [0.717, 1.165) is 17.0 Å². The first-order chi connectivity index (χ1) is 9.10. The number of aromatic nitrogens is 1. The van der Waals surface area contributed by atoms with Crippen molar-refractivity contribution in [1.29, 1.82) is 0 Å². The summed E-state index contributed by atoms with van der Waals surface area (Å²) in [7, 11) is 0. The predicted molar refractivity (Wildman–Crippen MR) is 88.9 cm³/mol. The van der Waals surface area contributed by atoms with Crippen LogP contribution in [0.4, 0.5) is 5.13 Å². The predicted octanol–water partition coefficient (Wildman–Crippen LogP) is 3.67. The van der Waals surface area contributed by atoms with Crippen molar-refractivity contribution < 1.29 is 4.79 Å². The Morgan fingerprint density at radius 1 is 1.50 bits per heavy atom. The molecule has 0 aliphatic rings. The van der Waals surface area contributed by atoms with E-state index in [1.165, 1.54) is 16.2 Å². The minimum atomic E-state index is -0.457. The number of hydrogen-bond donors (Lipinski definition) is 2. The third-order valence-electron chi connectivity index (χ3n) is 2.66. The summed E-state index contributed by atoms with van der Waals surface area (Å²) < 4.78 is 0. The van der Waals surface area contributed by atoms with E-state index >= 15 is 0 Å². The molecule has 0 radical (unpaired) electrons. The van der Waals surface area contributed by atoms with Crippen molar-refractivity contribution >= 4 is 46.1 Å². The van der Waals surface area contributed by atoms with Crippen LogP contribution in [0, 0.1) is 6.92 Å². The third-order valence-corrected chi connectivity index (χ3v) is 4.44. The van der Waals surface area contributed by atoms with Gasteiger partial charge in [-0.15, -0.1) is 35.1 Å². The van der Waals surface area contributed by atoms with Crippen LogP contribution in [0.25, 0.3) is 10.6 Å². The Hall–Kier alpha value is -0.950. The average molecular weight is 332 g/mol. The molecule has 2 aromatic heterocycles. The number of thiophene rings is 1. The van der Waals surface area contributed by atoms with Crippen LogP contribution in [0.5, 0.6) is 0 Å². The molecule has 0 aliphatic heterocycles. The highest BCUT2D eigenvalue weighted by atomic mass is 35.5. The van der Waals surface area contributed by atoms with Gasteiger partial charge in [-0.2, -0.15) is 0 Å². The molecule has 1 atom stereocenters. The van der Waals surface area contributed by atoms with Crippen molar-refractivity contribution in [2.75, 3.05) is 5.32 Å². The lowest BCUT2D eigenvalue weighted by Crippen LogP contribution is -2.35. The van der Waals surface area contributed by atoms with Gasteiger partial charge in [0.2, 0.25) is 5.91 Å². The van der Waals surface area contributed by atoms with Crippen LogP contribution in [0.15, 0.2) is 17.5 Å². The quantitative estimate of drug-likeness (QED) is 0.878. The molecular formula is C13H18ClN3OS2. The fraction of sp³-hybridized carbons (Fsp3) is 0.385. The minimum absolute atomic E-state index is 0. The minimum Gasteiger partial charge on any atom is -0.320 e. The summed E-state index contributed by atoms with van der Waals surface area (Å²) in [5, 5.41) is 5.33. The van der Waals surface area contributed by atoms with E-state index in [9.17, 15) is 4.79 Å². The molecule has 0 aromatic carbocycles. The van der Waals surface area contributed by atoms with Crippen LogP contribution in [-0.4, -0.2) is 16.9 Å². The molecule has 4 nitrogen and oxygen atoms in total. The number of nitrogens with one attached hydrogen (secondary N) is 1. The maximum atomic E-state index is 11.8. The number of nitrogens with two attached hydrogens (primary N) is 1. The summed E-state index contributed by atoms with van der Waals surface area (Å²) in [6, 6.07) is 3.65. The van der Waals surface area contributed by atoms with Gasteiger partial charge in [0.15, 0.2) is 5.13 Å². The normalized spacial score (nSPS) is 11.8. The van der Waals surface area contributed by atoms with Gasteiger partial charge in [0.25, 0.3) is 0 Å². The van der Waals surface area contributed by atoms with Gasteiger partial charge in [0, 0.05) is 10.3 Å². The van der Waals surface area contributed by atoms with Crippen LogP contribution in [0.1, 0.15) is 24.6 Å². The molecule has 0 fully saturated rings. The standard InChI is InChI=1S/C13H17N3OS2.ClH/c1-3-4-9(14)12(17)16-13-15-10(7-18-13)11-6-5-8(2)19-11;/h5-7,9H,3-4,14H2,1-2H3,(H,15,16,17);1H. The van der Waals surface area contributed by atoms with Gasteiger partial charge in [0.1, 0.15) is 0 Å². The van der Waals surface area contributed by atoms with Crippen molar-refractivity contribution in [3.05, 3.63) is 22.4 Å². The number of halogens is 1. The van der Waals surface area contributed by atoms with Crippen LogP contribution in [0.2, 0.25) is 0 Å². The molecular weight excluding hydrogens is 314 g/mol. The molecule has 0 saturated heterocycles. The molecule has 0 saturated carbocycles. The Bertz CT molecular complexity index is 567. The van der Waals surface area contributed by atoms with Gasteiger partial charge >= 0.3 is 0 Å².